The van der Waals surface area contributed by atoms with Crippen molar-refractivity contribution in [2.45, 2.75) is 27.7 Å². The Labute approximate surface area is 191 Å². The molecule has 0 saturated carbocycles. The molecule has 0 radical (unpaired) electrons. The predicted octanol–water partition coefficient (Wildman–Crippen LogP) is 5.46. The summed E-state index contributed by atoms with van der Waals surface area (Å²) in [5, 5.41) is 4.94. The highest BCUT2D eigenvalue weighted by atomic mass is 15.4. The number of piperazine rings is 1. The lowest BCUT2D eigenvalue weighted by molar-refractivity contribution is 0.311. The largest absolute Gasteiger partial charge is 0.354 e. The van der Waals surface area contributed by atoms with Gasteiger partial charge in [0, 0.05) is 43.4 Å². The first-order valence-electron chi connectivity index (χ1n) is 11.6. The Morgan fingerprint density at radius 1 is 0.781 bits per heavy atom. The van der Waals surface area contributed by atoms with Gasteiger partial charge >= 0.3 is 0 Å². The molecule has 0 unspecified atom stereocenters. The van der Waals surface area contributed by atoms with Crippen LogP contribution in [0.5, 0.6) is 0 Å². The summed E-state index contributed by atoms with van der Waals surface area (Å²) in [6.45, 7) is 12.3. The Balaban J connectivity index is 0.00000119. The summed E-state index contributed by atoms with van der Waals surface area (Å²) >= 11 is 0. The van der Waals surface area contributed by atoms with Crippen molar-refractivity contribution in [3.63, 3.8) is 0 Å². The minimum Gasteiger partial charge on any atom is -0.354 e. The number of hydrogen-bond donors (Lipinski definition) is 0. The van der Waals surface area contributed by atoms with Gasteiger partial charge in [-0.25, -0.2) is 4.98 Å². The Morgan fingerprint density at radius 3 is 2.09 bits per heavy atom. The molecule has 2 aromatic carbocycles. The minimum atomic E-state index is 0.923. The van der Waals surface area contributed by atoms with Gasteiger partial charge in [0.15, 0.2) is 5.65 Å². The molecule has 1 aliphatic rings. The molecule has 0 aliphatic carbocycles. The van der Waals surface area contributed by atoms with Crippen LogP contribution in [0.2, 0.25) is 0 Å². The number of aromatic nitrogens is 3. The van der Waals surface area contributed by atoms with E-state index in [-0.39, 0.29) is 0 Å². The van der Waals surface area contributed by atoms with Crippen LogP contribution in [0.15, 0.2) is 60.7 Å². The van der Waals surface area contributed by atoms with E-state index in [0.717, 1.165) is 65.7 Å². The molecule has 5 heteroatoms. The van der Waals surface area contributed by atoms with E-state index in [1.165, 1.54) is 5.56 Å². The first-order chi connectivity index (χ1) is 15.6. The number of fused-ring (bicyclic) bond motifs is 1. The highest BCUT2D eigenvalue weighted by Gasteiger charge is 2.22. The van der Waals surface area contributed by atoms with Crippen molar-refractivity contribution in [2.24, 2.45) is 0 Å². The van der Waals surface area contributed by atoms with Crippen molar-refractivity contribution in [1.29, 1.82) is 0 Å². The summed E-state index contributed by atoms with van der Waals surface area (Å²) in [5.74, 6) is 1.12. The van der Waals surface area contributed by atoms with E-state index in [1.807, 2.05) is 24.4 Å². The smallest absolute Gasteiger partial charge is 0.166 e. The third kappa shape index (κ3) is 4.26. The highest BCUT2D eigenvalue weighted by Crippen LogP contribution is 2.33. The number of nitrogens with zero attached hydrogens (tertiary/aromatic N) is 5. The minimum absolute atomic E-state index is 0.923. The summed E-state index contributed by atoms with van der Waals surface area (Å²) in [6, 6.07) is 21.3. The molecule has 166 valence electrons. The maximum Gasteiger partial charge on any atom is 0.166 e. The number of anilines is 1. The molecule has 4 aromatic rings. The van der Waals surface area contributed by atoms with Gasteiger partial charge in [-0.15, -0.1) is 0 Å². The number of rotatable bonds is 3. The Bertz CT molecular complexity index is 1170. The fourth-order valence-corrected chi connectivity index (χ4v) is 4.18. The van der Waals surface area contributed by atoms with Crippen molar-refractivity contribution < 1.29 is 0 Å². The second-order valence-electron chi connectivity index (χ2n) is 8.22. The molecule has 1 saturated heterocycles. The Hall–Kier alpha value is -3.18. The van der Waals surface area contributed by atoms with Gasteiger partial charge in [0.25, 0.3) is 0 Å². The Morgan fingerprint density at radius 2 is 1.44 bits per heavy atom. The molecule has 0 atom stereocenters. The summed E-state index contributed by atoms with van der Waals surface area (Å²) in [7, 11) is 2.18. The van der Waals surface area contributed by atoms with Crippen LogP contribution in [0.4, 0.5) is 5.82 Å². The van der Waals surface area contributed by atoms with Crippen LogP contribution in [0.1, 0.15) is 25.1 Å². The quantitative estimate of drug-likeness (QED) is 0.435. The molecule has 0 spiro atoms. The zero-order chi connectivity index (χ0) is 22.7. The van der Waals surface area contributed by atoms with E-state index in [4.69, 9.17) is 10.1 Å². The lowest BCUT2D eigenvalue weighted by Crippen LogP contribution is -2.45. The standard InChI is InChI=1S/C25H27N5.C2H6/c1-18-9-11-21(12-10-18)24-19(2)27-30-23(29-15-13-28(3)14-16-29)17-22(26-25(24)30)20-7-5-4-6-8-20;1-2/h4-12,17H,13-16H2,1-3H3;1-2H3. The zero-order valence-electron chi connectivity index (χ0n) is 19.8. The fraction of sp³-hybridized carbons (Fsp3) is 0.333. The average Bonchev–Trinajstić information content (AvgIpc) is 3.17. The molecule has 0 N–H and O–H groups in total. The number of likely N-dealkylation sites (N-methyl/N-ethyl adjacent to an activating group) is 1. The monoisotopic (exact) mass is 427 g/mol. The number of aryl methyl sites for hydroxylation is 2. The molecular formula is C27H33N5. The second-order valence-corrected chi connectivity index (χ2v) is 8.22. The van der Waals surface area contributed by atoms with Gasteiger partial charge in [0.05, 0.1) is 11.4 Å². The summed E-state index contributed by atoms with van der Waals surface area (Å²) < 4.78 is 2.04. The fourth-order valence-electron chi connectivity index (χ4n) is 4.18. The third-order valence-electron chi connectivity index (χ3n) is 5.98. The van der Waals surface area contributed by atoms with Gasteiger partial charge < -0.3 is 9.80 Å². The van der Waals surface area contributed by atoms with Crippen LogP contribution in [0, 0.1) is 13.8 Å². The van der Waals surface area contributed by atoms with Crippen LogP contribution < -0.4 is 4.90 Å². The van der Waals surface area contributed by atoms with Crippen LogP contribution in [0.3, 0.4) is 0 Å². The molecule has 2 aromatic heterocycles. The van der Waals surface area contributed by atoms with Gasteiger partial charge in [-0.3, -0.25) is 0 Å². The van der Waals surface area contributed by atoms with E-state index in [9.17, 15) is 0 Å². The molecular weight excluding hydrogens is 394 g/mol. The van der Waals surface area contributed by atoms with E-state index < -0.39 is 0 Å². The number of hydrogen-bond acceptors (Lipinski definition) is 4. The maximum absolute atomic E-state index is 5.10. The highest BCUT2D eigenvalue weighted by molar-refractivity contribution is 5.83. The van der Waals surface area contributed by atoms with E-state index in [0.29, 0.717) is 0 Å². The average molecular weight is 428 g/mol. The van der Waals surface area contributed by atoms with Crippen molar-refractivity contribution in [2.75, 3.05) is 38.1 Å². The molecule has 1 fully saturated rings. The topological polar surface area (TPSA) is 36.7 Å². The molecule has 0 amide bonds. The van der Waals surface area contributed by atoms with Crippen molar-refractivity contribution in [3.05, 3.63) is 71.9 Å². The lowest BCUT2D eigenvalue weighted by Gasteiger charge is -2.34. The first kappa shape index (κ1) is 22.0. The van der Waals surface area contributed by atoms with Gasteiger partial charge in [0.1, 0.15) is 5.82 Å². The zero-order valence-corrected chi connectivity index (χ0v) is 19.8. The van der Waals surface area contributed by atoms with Crippen molar-refractivity contribution in [1.82, 2.24) is 19.5 Å². The predicted molar refractivity (Wildman–Crippen MR) is 134 cm³/mol. The van der Waals surface area contributed by atoms with Crippen molar-refractivity contribution >= 4 is 11.5 Å². The SMILES string of the molecule is CC.Cc1ccc(-c2c(C)nn3c(N4CCN(C)CC4)cc(-c4ccccc4)nc23)cc1. The van der Waals surface area contributed by atoms with Crippen LogP contribution in [-0.2, 0) is 0 Å². The van der Waals surface area contributed by atoms with Gasteiger partial charge in [-0.2, -0.15) is 9.61 Å². The van der Waals surface area contributed by atoms with E-state index in [2.05, 4.69) is 85.3 Å². The molecule has 3 heterocycles. The summed E-state index contributed by atoms with van der Waals surface area (Å²) in [4.78, 5) is 9.91. The number of benzene rings is 2. The molecule has 0 bridgehead atoms. The molecule has 5 rings (SSSR count). The first-order valence-corrected chi connectivity index (χ1v) is 11.6. The Kier molecular flexibility index (Phi) is 6.56. The normalized spacial score (nSPS) is 14.3. The maximum atomic E-state index is 5.10. The third-order valence-corrected chi connectivity index (χ3v) is 5.98. The molecule has 5 nitrogen and oxygen atoms in total. The molecule has 1 aliphatic heterocycles. The van der Waals surface area contributed by atoms with Gasteiger partial charge in [0.2, 0.25) is 0 Å². The van der Waals surface area contributed by atoms with Crippen molar-refractivity contribution in [3.8, 4) is 22.4 Å². The van der Waals surface area contributed by atoms with Crippen LogP contribution >= 0.6 is 0 Å². The van der Waals surface area contributed by atoms with Crippen LogP contribution in [0.25, 0.3) is 28.0 Å². The summed E-state index contributed by atoms with van der Waals surface area (Å²) in [5.41, 5.74) is 7.58. The van der Waals surface area contributed by atoms with E-state index in [1.54, 1.807) is 0 Å². The van der Waals surface area contributed by atoms with E-state index >= 15 is 0 Å². The molecule has 32 heavy (non-hydrogen) atoms. The lowest BCUT2D eigenvalue weighted by atomic mass is 10.0. The van der Waals surface area contributed by atoms with Gasteiger partial charge in [-0.05, 0) is 26.5 Å². The van der Waals surface area contributed by atoms with Crippen LogP contribution in [-0.4, -0.2) is 52.7 Å². The van der Waals surface area contributed by atoms with Gasteiger partial charge in [-0.1, -0.05) is 74.0 Å². The summed E-state index contributed by atoms with van der Waals surface area (Å²) in [6.07, 6.45) is 0. The second kappa shape index (κ2) is 9.53.